The topological polar surface area (TPSA) is 122 Å². The maximum Gasteiger partial charge on any atom is 0.254 e. The molecule has 1 fully saturated rings. The predicted octanol–water partition coefficient (Wildman–Crippen LogP) is 1.25. The van der Waals surface area contributed by atoms with Crippen LogP contribution in [0.25, 0.3) is 0 Å². The number of amides is 2. The van der Waals surface area contributed by atoms with Gasteiger partial charge in [0.2, 0.25) is 15.9 Å². The van der Waals surface area contributed by atoms with Crippen LogP contribution in [-0.2, 0) is 14.8 Å². The van der Waals surface area contributed by atoms with Crippen LogP contribution >= 0.6 is 12.4 Å². The molecular formula is C18H29ClN4O4S. The summed E-state index contributed by atoms with van der Waals surface area (Å²) in [6, 6.07) is 4.91. The number of hydrogen-bond donors (Lipinski definition) is 3. The number of aryl methyl sites for hydroxylation is 1. The normalized spacial score (nSPS) is 16.8. The van der Waals surface area contributed by atoms with E-state index in [9.17, 15) is 18.0 Å². The Balaban J connectivity index is 0.00000392. The van der Waals surface area contributed by atoms with Crippen molar-refractivity contribution < 1.29 is 18.0 Å². The third kappa shape index (κ3) is 6.96. The number of nitrogens with zero attached hydrogens (tertiary/aromatic N) is 1. The number of sulfonamides is 1. The van der Waals surface area contributed by atoms with Gasteiger partial charge in [-0.05, 0) is 43.9 Å². The SMILES string of the molecule is Cc1ccc(C(=O)N2CCCCC2CNC(=O)CCN)cc1NS(C)(=O)=O.Cl. The van der Waals surface area contributed by atoms with Gasteiger partial charge in [-0.3, -0.25) is 14.3 Å². The van der Waals surface area contributed by atoms with Gasteiger partial charge in [-0.15, -0.1) is 12.4 Å². The molecule has 0 radical (unpaired) electrons. The molecule has 0 aromatic heterocycles. The zero-order valence-electron chi connectivity index (χ0n) is 16.2. The Morgan fingerprint density at radius 1 is 1.29 bits per heavy atom. The van der Waals surface area contributed by atoms with E-state index in [4.69, 9.17) is 5.73 Å². The number of carbonyl (C=O) groups is 2. The minimum Gasteiger partial charge on any atom is -0.354 e. The van der Waals surface area contributed by atoms with Crippen LogP contribution in [0.3, 0.4) is 0 Å². The second-order valence-corrected chi connectivity index (χ2v) is 8.64. The van der Waals surface area contributed by atoms with Gasteiger partial charge in [0.15, 0.2) is 0 Å². The van der Waals surface area contributed by atoms with Gasteiger partial charge >= 0.3 is 0 Å². The molecule has 10 heteroatoms. The molecule has 2 amide bonds. The molecular weight excluding hydrogens is 404 g/mol. The zero-order valence-corrected chi connectivity index (χ0v) is 17.9. The average Bonchev–Trinajstić information content (AvgIpc) is 2.60. The Labute approximate surface area is 172 Å². The largest absolute Gasteiger partial charge is 0.354 e. The maximum atomic E-state index is 13.0. The van der Waals surface area contributed by atoms with E-state index in [2.05, 4.69) is 10.0 Å². The van der Waals surface area contributed by atoms with Gasteiger partial charge in [-0.2, -0.15) is 0 Å². The summed E-state index contributed by atoms with van der Waals surface area (Å²) in [6.07, 6.45) is 4.05. The minimum atomic E-state index is -3.43. The van der Waals surface area contributed by atoms with Gasteiger partial charge in [0.25, 0.3) is 5.91 Å². The first-order valence-corrected chi connectivity index (χ1v) is 11.0. The second kappa shape index (κ2) is 10.6. The van der Waals surface area contributed by atoms with Crippen molar-refractivity contribution in [2.75, 3.05) is 30.6 Å². The van der Waals surface area contributed by atoms with Crippen LogP contribution in [0, 0.1) is 6.92 Å². The molecule has 4 N–H and O–H groups in total. The monoisotopic (exact) mass is 432 g/mol. The van der Waals surface area contributed by atoms with Gasteiger partial charge in [-0.25, -0.2) is 8.42 Å². The molecule has 8 nitrogen and oxygen atoms in total. The van der Waals surface area contributed by atoms with Gasteiger partial charge < -0.3 is 16.0 Å². The zero-order chi connectivity index (χ0) is 20.0. The lowest BCUT2D eigenvalue weighted by Gasteiger charge is -2.36. The Kier molecular flexibility index (Phi) is 9.19. The molecule has 28 heavy (non-hydrogen) atoms. The number of halogens is 1. The lowest BCUT2D eigenvalue weighted by molar-refractivity contribution is -0.121. The van der Waals surface area contributed by atoms with E-state index in [-0.39, 0.29) is 36.7 Å². The molecule has 0 bridgehead atoms. The summed E-state index contributed by atoms with van der Waals surface area (Å²) < 4.78 is 25.5. The van der Waals surface area contributed by atoms with E-state index in [1.807, 2.05) is 0 Å². The lowest BCUT2D eigenvalue weighted by atomic mass is 10.00. The molecule has 1 saturated heterocycles. The Bertz CT molecular complexity index is 801. The van der Waals surface area contributed by atoms with Gasteiger partial charge in [0.1, 0.15) is 0 Å². The van der Waals surface area contributed by atoms with Crippen LogP contribution in [0.4, 0.5) is 5.69 Å². The molecule has 1 aromatic carbocycles. The highest BCUT2D eigenvalue weighted by molar-refractivity contribution is 7.92. The summed E-state index contributed by atoms with van der Waals surface area (Å²) in [5.41, 5.74) is 6.94. The number of rotatable bonds is 7. The summed E-state index contributed by atoms with van der Waals surface area (Å²) in [4.78, 5) is 26.5. The standard InChI is InChI=1S/C18H28N4O4S.ClH/c1-13-6-7-14(11-16(13)21-27(2,25)26)18(24)22-10-4-3-5-15(22)12-20-17(23)8-9-19;/h6-7,11,15,21H,3-5,8-10,12,19H2,1-2H3,(H,20,23);1H. The number of carbonyl (C=O) groups excluding carboxylic acids is 2. The molecule has 0 aliphatic carbocycles. The first-order chi connectivity index (χ1) is 12.7. The number of nitrogens with one attached hydrogen (secondary N) is 2. The summed E-state index contributed by atoms with van der Waals surface area (Å²) in [5.74, 6) is -0.283. The van der Waals surface area contributed by atoms with Crippen LogP contribution in [0.2, 0.25) is 0 Å². The lowest BCUT2D eigenvalue weighted by Crippen LogP contribution is -2.49. The Hall–Kier alpha value is -1.84. The van der Waals surface area contributed by atoms with E-state index in [0.29, 0.717) is 30.9 Å². The van der Waals surface area contributed by atoms with E-state index in [1.165, 1.54) is 0 Å². The van der Waals surface area contributed by atoms with E-state index < -0.39 is 10.0 Å². The molecule has 1 aliphatic rings. The predicted molar refractivity (Wildman–Crippen MR) is 112 cm³/mol. The van der Waals surface area contributed by atoms with Crippen molar-refractivity contribution in [3.8, 4) is 0 Å². The Morgan fingerprint density at radius 2 is 2.00 bits per heavy atom. The van der Waals surface area contributed by atoms with Crippen LogP contribution in [0.15, 0.2) is 18.2 Å². The third-order valence-corrected chi connectivity index (χ3v) is 5.16. The fourth-order valence-corrected chi connectivity index (χ4v) is 3.78. The van der Waals surface area contributed by atoms with Crippen LogP contribution < -0.4 is 15.8 Å². The fourth-order valence-electron chi connectivity index (χ4n) is 3.16. The van der Waals surface area contributed by atoms with Crippen LogP contribution in [0.5, 0.6) is 0 Å². The number of benzene rings is 1. The van der Waals surface area contributed by atoms with Crippen molar-refractivity contribution >= 4 is 39.9 Å². The third-order valence-electron chi connectivity index (χ3n) is 4.57. The molecule has 1 heterocycles. The highest BCUT2D eigenvalue weighted by atomic mass is 35.5. The van der Waals surface area contributed by atoms with Crippen LogP contribution in [0.1, 0.15) is 41.6 Å². The summed E-state index contributed by atoms with van der Waals surface area (Å²) in [7, 11) is -3.43. The Morgan fingerprint density at radius 3 is 2.64 bits per heavy atom. The van der Waals surface area contributed by atoms with E-state index in [0.717, 1.165) is 31.1 Å². The van der Waals surface area contributed by atoms with E-state index >= 15 is 0 Å². The van der Waals surface area contributed by atoms with Crippen molar-refractivity contribution in [1.29, 1.82) is 0 Å². The minimum absolute atomic E-state index is 0. The number of likely N-dealkylation sites (tertiary alicyclic amines) is 1. The van der Waals surface area contributed by atoms with Crippen molar-refractivity contribution in [3.63, 3.8) is 0 Å². The number of anilines is 1. The molecule has 158 valence electrons. The molecule has 1 aromatic rings. The average molecular weight is 433 g/mol. The summed E-state index contributed by atoms with van der Waals surface area (Å²) in [5, 5.41) is 2.84. The molecule has 1 atom stereocenters. The summed E-state index contributed by atoms with van der Waals surface area (Å²) >= 11 is 0. The molecule has 0 spiro atoms. The quantitative estimate of drug-likeness (QED) is 0.598. The van der Waals surface area contributed by atoms with E-state index in [1.54, 1.807) is 30.0 Å². The number of nitrogens with two attached hydrogens (primary N) is 1. The molecule has 1 unspecified atom stereocenters. The van der Waals surface area contributed by atoms with Crippen molar-refractivity contribution in [1.82, 2.24) is 10.2 Å². The maximum absolute atomic E-state index is 13.0. The highest BCUT2D eigenvalue weighted by Crippen LogP contribution is 2.23. The fraction of sp³-hybridized carbons (Fsp3) is 0.556. The molecule has 1 aliphatic heterocycles. The number of piperidine rings is 1. The molecule has 0 saturated carbocycles. The van der Waals surface area contributed by atoms with Crippen molar-refractivity contribution in [3.05, 3.63) is 29.3 Å². The van der Waals surface area contributed by atoms with Gasteiger partial charge in [0, 0.05) is 37.7 Å². The second-order valence-electron chi connectivity index (χ2n) is 6.89. The summed E-state index contributed by atoms with van der Waals surface area (Å²) in [6.45, 7) is 3.07. The van der Waals surface area contributed by atoms with Crippen molar-refractivity contribution in [2.45, 2.75) is 38.6 Å². The molecule has 2 rings (SSSR count). The van der Waals surface area contributed by atoms with Gasteiger partial charge in [0.05, 0.1) is 11.9 Å². The highest BCUT2D eigenvalue weighted by Gasteiger charge is 2.28. The first kappa shape index (κ1) is 24.2. The first-order valence-electron chi connectivity index (χ1n) is 9.07. The smallest absolute Gasteiger partial charge is 0.254 e. The van der Waals surface area contributed by atoms with Crippen LogP contribution in [-0.4, -0.2) is 57.1 Å². The van der Waals surface area contributed by atoms with Gasteiger partial charge in [-0.1, -0.05) is 6.07 Å². The number of hydrogen-bond acceptors (Lipinski definition) is 5. The van der Waals surface area contributed by atoms with Crippen molar-refractivity contribution in [2.24, 2.45) is 5.73 Å².